The molecule has 1 fully saturated rings. The van der Waals surface area contributed by atoms with Crippen molar-refractivity contribution in [2.24, 2.45) is 0 Å². The number of anilines is 1. The number of hydrogen-bond acceptors (Lipinski definition) is 6. The van der Waals surface area contributed by atoms with Crippen LogP contribution in [0.3, 0.4) is 0 Å². The number of carbonyl (C=O) groups is 1. The molecule has 0 unspecified atom stereocenters. The smallest absolute Gasteiger partial charge is 0.252 e. The van der Waals surface area contributed by atoms with E-state index in [1.807, 2.05) is 24.3 Å². The van der Waals surface area contributed by atoms with Gasteiger partial charge in [0.25, 0.3) is 5.91 Å². The predicted octanol–water partition coefficient (Wildman–Crippen LogP) is -0.401. The number of carbonyl (C=O) groups excluding carboxylic acids is 1. The number of amides is 1. The zero-order valence-electron chi connectivity index (χ0n) is 9.14. The summed E-state index contributed by atoms with van der Waals surface area (Å²) in [6.07, 6.45) is 1.23. The Morgan fingerprint density at radius 1 is 1.24 bits per heavy atom. The zero-order valence-corrected chi connectivity index (χ0v) is 9.14. The van der Waals surface area contributed by atoms with Crippen LogP contribution in [0, 0.1) is 0 Å². The molecule has 7 nitrogen and oxygen atoms in total. The summed E-state index contributed by atoms with van der Waals surface area (Å²) in [5.74, 6) is -0.0441. The number of hydrazine groups is 3. The van der Waals surface area contributed by atoms with Crippen LogP contribution >= 0.6 is 0 Å². The lowest BCUT2D eigenvalue weighted by Crippen LogP contribution is -2.46. The van der Waals surface area contributed by atoms with Crippen LogP contribution in [-0.4, -0.2) is 17.7 Å². The fourth-order valence-corrected chi connectivity index (χ4v) is 1.89. The van der Waals surface area contributed by atoms with E-state index in [4.69, 9.17) is 4.94 Å². The van der Waals surface area contributed by atoms with Crippen LogP contribution in [0.25, 0.3) is 0 Å². The number of hydrogen-bond donors (Lipinski definition) is 3. The van der Waals surface area contributed by atoms with Gasteiger partial charge in [0.2, 0.25) is 0 Å². The molecular weight excluding hydrogens is 222 g/mol. The van der Waals surface area contributed by atoms with Gasteiger partial charge in [0.1, 0.15) is 6.67 Å². The van der Waals surface area contributed by atoms with Crippen molar-refractivity contribution in [2.45, 2.75) is 12.8 Å². The van der Waals surface area contributed by atoms with Gasteiger partial charge in [-0.15, -0.1) is 0 Å². The molecule has 3 rings (SSSR count). The number of fused-ring (bicyclic) bond motifs is 1. The van der Waals surface area contributed by atoms with Crippen LogP contribution in [0.2, 0.25) is 0 Å². The molecule has 0 saturated carbocycles. The Labute approximate surface area is 98.1 Å². The summed E-state index contributed by atoms with van der Waals surface area (Å²) in [7, 11) is 0. The van der Waals surface area contributed by atoms with E-state index in [0.717, 1.165) is 17.7 Å². The van der Waals surface area contributed by atoms with Crippen molar-refractivity contribution in [1.29, 1.82) is 0 Å². The number of aryl methyl sites for hydroxylation is 1. The fraction of sp³-hybridized carbons (Fsp3) is 0.300. The van der Waals surface area contributed by atoms with Gasteiger partial charge >= 0.3 is 0 Å². The van der Waals surface area contributed by atoms with Crippen LogP contribution in [0.1, 0.15) is 12.0 Å². The summed E-state index contributed by atoms with van der Waals surface area (Å²) in [5.41, 5.74) is 10.1. The topological polar surface area (TPSA) is 68.9 Å². The summed E-state index contributed by atoms with van der Waals surface area (Å²) in [6.45, 7) is 0.436. The molecule has 1 saturated heterocycles. The van der Waals surface area contributed by atoms with Crippen molar-refractivity contribution in [3.63, 3.8) is 0 Å². The molecule has 90 valence electrons. The summed E-state index contributed by atoms with van der Waals surface area (Å²) >= 11 is 0. The molecule has 7 heteroatoms. The summed E-state index contributed by atoms with van der Waals surface area (Å²) in [6, 6.07) is 7.74. The van der Waals surface area contributed by atoms with E-state index in [2.05, 4.69) is 16.5 Å². The normalized spacial score (nSPS) is 20.7. The minimum atomic E-state index is -0.0441. The Bertz CT molecular complexity index is 432. The number of nitrogens with zero attached hydrogens (tertiary/aromatic N) is 2. The maximum Gasteiger partial charge on any atom is 0.252 e. The van der Waals surface area contributed by atoms with E-state index in [1.165, 1.54) is 10.2 Å². The van der Waals surface area contributed by atoms with Gasteiger partial charge in [0.05, 0.1) is 5.69 Å². The predicted molar refractivity (Wildman–Crippen MR) is 59.4 cm³/mol. The van der Waals surface area contributed by atoms with Crippen molar-refractivity contribution < 1.29 is 9.73 Å². The fourth-order valence-electron chi connectivity index (χ4n) is 1.89. The number of para-hydroxylation sites is 1. The summed E-state index contributed by atoms with van der Waals surface area (Å²) in [5, 5.41) is 2.72. The van der Waals surface area contributed by atoms with Crippen molar-refractivity contribution in [2.75, 3.05) is 11.7 Å². The first-order valence-corrected chi connectivity index (χ1v) is 5.44. The van der Waals surface area contributed by atoms with Gasteiger partial charge in [0, 0.05) is 6.42 Å². The van der Waals surface area contributed by atoms with Crippen molar-refractivity contribution in [3.05, 3.63) is 29.8 Å². The zero-order chi connectivity index (χ0) is 11.7. The molecule has 1 aromatic carbocycles. The molecule has 2 aliphatic rings. The highest BCUT2D eigenvalue weighted by atomic mass is 16.9. The van der Waals surface area contributed by atoms with Crippen LogP contribution in [-0.2, 0) is 16.2 Å². The molecule has 2 heterocycles. The van der Waals surface area contributed by atoms with Crippen LogP contribution < -0.4 is 21.6 Å². The molecule has 3 N–H and O–H groups in total. The van der Waals surface area contributed by atoms with E-state index in [9.17, 15) is 4.79 Å². The van der Waals surface area contributed by atoms with Crippen molar-refractivity contribution in [1.82, 2.24) is 21.7 Å². The molecule has 0 radical (unpaired) electrons. The van der Waals surface area contributed by atoms with Gasteiger partial charge < -0.3 is 0 Å². The average Bonchev–Trinajstić information content (AvgIpc) is 2.86. The van der Waals surface area contributed by atoms with Crippen LogP contribution in [0.4, 0.5) is 5.69 Å². The first-order valence-electron chi connectivity index (χ1n) is 5.44. The maximum absolute atomic E-state index is 11.9. The molecule has 0 bridgehead atoms. The maximum atomic E-state index is 11.9. The summed E-state index contributed by atoms with van der Waals surface area (Å²) < 4.78 is 0. The van der Waals surface area contributed by atoms with E-state index < -0.39 is 0 Å². The average molecular weight is 235 g/mol. The molecule has 0 aromatic heterocycles. The van der Waals surface area contributed by atoms with Crippen LogP contribution in [0.5, 0.6) is 0 Å². The second kappa shape index (κ2) is 4.40. The quantitative estimate of drug-likeness (QED) is 0.648. The Hall–Kier alpha value is -1.51. The third kappa shape index (κ3) is 2.02. The standard InChI is InChI=1S/C10H13N5O2/c16-10-6-5-8-3-1-2-4-9(8)15(10)17-14-7-11-12-13-14/h1-4,11-13H,5-7H2. The molecule has 0 aliphatic carbocycles. The molecule has 1 amide bonds. The minimum absolute atomic E-state index is 0.0441. The lowest BCUT2D eigenvalue weighted by Gasteiger charge is -2.29. The van der Waals surface area contributed by atoms with Crippen molar-refractivity contribution in [3.8, 4) is 0 Å². The van der Waals surface area contributed by atoms with Gasteiger partial charge in [-0.1, -0.05) is 23.4 Å². The van der Waals surface area contributed by atoms with E-state index in [0.29, 0.717) is 13.1 Å². The Kier molecular flexibility index (Phi) is 2.75. The van der Waals surface area contributed by atoms with Gasteiger partial charge in [-0.25, -0.2) is 5.43 Å². The molecule has 0 atom stereocenters. The number of nitrogens with one attached hydrogen (secondary N) is 3. The molecule has 1 aromatic rings. The largest absolute Gasteiger partial charge is 0.272 e. The van der Waals surface area contributed by atoms with Crippen LogP contribution in [0.15, 0.2) is 24.3 Å². The highest BCUT2D eigenvalue weighted by Crippen LogP contribution is 2.27. The molecular formula is C10H13N5O2. The monoisotopic (exact) mass is 235 g/mol. The molecule has 0 spiro atoms. The third-order valence-electron chi connectivity index (χ3n) is 2.72. The first kappa shape index (κ1) is 10.6. The lowest BCUT2D eigenvalue weighted by molar-refractivity contribution is -0.198. The highest BCUT2D eigenvalue weighted by molar-refractivity contribution is 5.94. The lowest BCUT2D eigenvalue weighted by atomic mass is 10.0. The van der Waals surface area contributed by atoms with Gasteiger partial charge in [-0.05, 0) is 18.1 Å². The SMILES string of the molecule is O=C1CCc2ccccc2N1ON1CNNN1. The number of benzene rings is 1. The molecule has 17 heavy (non-hydrogen) atoms. The van der Waals surface area contributed by atoms with E-state index in [-0.39, 0.29) is 5.91 Å². The van der Waals surface area contributed by atoms with Gasteiger partial charge in [-0.3, -0.25) is 4.79 Å². The first-order chi connectivity index (χ1) is 8.34. The van der Waals surface area contributed by atoms with Gasteiger partial charge in [-0.2, -0.15) is 21.1 Å². The van der Waals surface area contributed by atoms with Gasteiger partial charge in [0.15, 0.2) is 0 Å². The second-order valence-electron chi connectivity index (χ2n) is 3.85. The highest BCUT2D eigenvalue weighted by Gasteiger charge is 2.28. The number of hydroxylamine groups is 2. The second-order valence-corrected chi connectivity index (χ2v) is 3.85. The minimum Gasteiger partial charge on any atom is -0.272 e. The Morgan fingerprint density at radius 3 is 2.94 bits per heavy atom. The Balaban J connectivity index is 1.84. The van der Waals surface area contributed by atoms with E-state index in [1.54, 1.807) is 0 Å². The molecule has 2 aliphatic heterocycles. The van der Waals surface area contributed by atoms with Crippen molar-refractivity contribution >= 4 is 11.6 Å². The Morgan fingerprint density at radius 2 is 2.12 bits per heavy atom. The third-order valence-corrected chi connectivity index (χ3v) is 2.72. The summed E-state index contributed by atoms with van der Waals surface area (Å²) in [4.78, 5) is 17.3. The van der Waals surface area contributed by atoms with E-state index >= 15 is 0 Å². The number of rotatable bonds is 2.